The van der Waals surface area contributed by atoms with Gasteiger partial charge in [0.25, 0.3) is 11.8 Å². The van der Waals surface area contributed by atoms with Crippen LogP contribution in [0.1, 0.15) is 17.7 Å². The van der Waals surface area contributed by atoms with Gasteiger partial charge in [0.15, 0.2) is 5.76 Å². The number of aromatic nitrogens is 3. The lowest BCUT2D eigenvalue weighted by molar-refractivity contribution is -0.122. The zero-order chi connectivity index (χ0) is 21.4. The maximum absolute atomic E-state index is 12.8. The summed E-state index contributed by atoms with van der Waals surface area (Å²) >= 11 is 0. The van der Waals surface area contributed by atoms with Crippen molar-refractivity contribution in [1.82, 2.24) is 19.9 Å². The molecule has 2 amide bonds. The predicted octanol–water partition coefficient (Wildman–Crippen LogP) is 2.64. The van der Waals surface area contributed by atoms with Gasteiger partial charge in [0, 0.05) is 42.1 Å². The van der Waals surface area contributed by atoms with Crippen molar-refractivity contribution in [3.05, 3.63) is 72.4 Å². The lowest BCUT2D eigenvalue weighted by atomic mass is 10.0. The molecule has 1 aromatic carbocycles. The molecule has 0 atom stereocenters. The number of hydrogen-bond donors (Lipinski definition) is 2. The summed E-state index contributed by atoms with van der Waals surface area (Å²) < 4.78 is 7.74. The van der Waals surface area contributed by atoms with Gasteiger partial charge in [0.2, 0.25) is 5.89 Å². The monoisotopic (exact) mass is 414 g/mol. The van der Waals surface area contributed by atoms with Crippen molar-refractivity contribution in [2.45, 2.75) is 13.0 Å². The van der Waals surface area contributed by atoms with Crippen LogP contribution in [0, 0.1) is 0 Å². The molecule has 1 aliphatic heterocycles. The second kappa shape index (κ2) is 7.66. The average Bonchev–Trinajstić information content (AvgIpc) is 3.48. The molecule has 31 heavy (non-hydrogen) atoms. The fourth-order valence-corrected chi connectivity index (χ4v) is 3.78. The zero-order valence-electron chi connectivity index (χ0n) is 16.4. The van der Waals surface area contributed by atoms with Crippen molar-refractivity contribution in [1.29, 1.82) is 0 Å². The normalized spacial score (nSPS) is 14.0. The van der Waals surface area contributed by atoms with Gasteiger partial charge in [-0.05, 0) is 30.7 Å². The molecule has 4 heterocycles. The molecule has 8 nitrogen and oxygen atoms in total. The molecule has 4 aromatic rings. The molecule has 0 spiro atoms. The highest BCUT2D eigenvalue weighted by atomic mass is 16.4. The van der Waals surface area contributed by atoms with E-state index < -0.39 is 11.8 Å². The van der Waals surface area contributed by atoms with Crippen LogP contribution in [-0.2, 0) is 16.1 Å². The standard InChI is InChI=1S/C23H18N4O4/c28-11-5-10-27-13-16(15-8-4-9-24-20(15)27)18-19(22(30)26-21(18)29)17-12-25-23(31-17)14-6-2-1-3-7-14/h1-4,6-9,12-13,28H,5,10-11H2,(H,26,29,30). The number of carbonyl (C=O) groups excluding carboxylic acids is 2. The van der Waals surface area contributed by atoms with E-state index in [4.69, 9.17) is 4.42 Å². The van der Waals surface area contributed by atoms with Crippen LogP contribution in [-0.4, -0.2) is 38.1 Å². The van der Waals surface area contributed by atoms with Crippen LogP contribution in [0.2, 0.25) is 0 Å². The van der Waals surface area contributed by atoms with Gasteiger partial charge < -0.3 is 14.1 Å². The van der Waals surface area contributed by atoms with Gasteiger partial charge in [-0.1, -0.05) is 18.2 Å². The Morgan fingerprint density at radius 1 is 1.00 bits per heavy atom. The molecule has 5 rings (SSSR count). The number of imide groups is 1. The molecule has 154 valence electrons. The molecule has 0 unspecified atom stereocenters. The summed E-state index contributed by atoms with van der Waals surface area (Å²) in [5, 5.41) is 12.3. The third-order valence-electron chi connectivity index (χ3n) is 5.16. The second-order valence-electron chi connectivity index (χ2n) is 7.12. The summed E-state index contributed by atoms with van der Waals surface area (Å²) in [5.74, 6) is -0.447. The molecule has 3 aromatic heterocycles. The number of rotatable bonds is 6. The summed E-state index contributed by atoms with van der Waals surface area (Å²) in [5.41, 5.74) is 2.39. The van der Waals surface area contributed by atoms with Crippen LogP contribution < -0.4 is 5.32 Å². The molecule has 1 aliphatic rings. The van der Waals surface area contributed by atoms with E-state index in [1.165, 1.54) is 6.20 Å². The van der Waals surface area contributed by atoms with Crippen molar-refractivity contribution in [2.75, 3.05) is 6.61 Å². The predicted molar refractivity (Wildman–Crippen MR) is 113 cm³/mol. The van der Waals surface area contributed by atoms with Crippen LogP contribution in [0.25, 0.3) is 33.6 Å². The molecule has 2 N–H and O–H groups in total. The Morgan fingerprint density at radius 2 is 1.81 bits per heavy atom. The molecular weight excluding hydrogens is 396 g/mol. The lowest BCUT2D eigenvalue weighted by Crippen LogP contribution is -2.22. The van der Waals surface area contributed by atoms with E-state index in [0.29, 0.717) is 30.1 Å². The number of carbonyl (C=O) groups is 2. The minimum Gasteiger partial charge on any atom is -0.436 e. The summed E-state index contributed by atoms with van der Waals surface area (Å²) in [7, 11) is 0. The number of pyridine rings is 1. The Balaban J connectivity index is 1.68. The van der Waals surface area contributed by atoms with Crippen LogP contribution in [0.3, 0.4) is 0 Å². The maximum Gasteiger partial charge on any atom is 0.262 e. The second-order valence-corrected chi connectivity index (χ2v) is 7.12. The SMILES string of the molecule is O=C1NC(=O)C(c2cn(CCCO)c3ncccc23)=C1c1cnc(-c2ccccc2)o1. The molecule has 0 radical (unpaired) electrons. The van der Waals surface area contributed by atoms with Gasteiger partial charge >= 0.3 is 0 Å². The Bertz CT molecular complexity index is 1330. The lowest BCUT2D eigenvalue weighted by Gasteiger charge is -2.01. The Labute approximate surface area is 176 Å². The number of nitrogens with zero attached hydrogens (tertiary/aromatic N) is 3. The Morgan fingerprint density at radius 3 is 2.61 bits per heavy atom. The first-order valence-corrected chi connectivity index (χ1v) is 9.84. The minimum absolute atomic E-state index is 0.0368. The van der Waals surface area contributed by atoms with Gasteiger partial charge in [0.05, 0.1) is 17.3 Å². The summed E-state index contributed by atoms with van der Waals surface area (Å²) in [6.07, 6.45) is 5.45. The van der Waals surface area contributed by atoms with Crippen molar-refractivity contribution in [2.24, 2.45) is 0 Å². The van der Waals surface area contributed by atoms with E-state index in [9.17, 15) is 14.7 Å². The zero-order valence-corrected chi connectivity index (χ0v) is 16.4. The van der Waals surface area contributed by atoms with Gasteiger partial charge in [-0.15, -0.1) is 0 Å². The number of benzene rings is 1. The highest BCUT2D eigenvalue weighted by molar-refractivity contribution is 6.49. The molecule has 0 fully saturated rings. The highest BCUT2D eigenvalue weighted by Gasteiger charge is 2.36. The van der Waals surface area contributed by atoms with Gasteiger partial charge in [-0.3, -0.25) is 14.9 Å². The summed E-state index contributed by atoms with van der Waals surface area (Å²) in [6.45, 7) is 0.567. The summed E-state index contributed by atoms with van der Waals surface area (Å²) in [6, 6.07) is 12.9. The van der Waals surface area contributed by atoms with Crippen LogP contribution in [0.15, 0.2) is 65.5 Å². The number of oxazole rings is 1. The number of amides is 2. The quantitative estimate of drug-likeness (QED) is 0.470. The molecule has 8 heteroatoms. The molecule has 0 saturated heterocycles. The van der Waals surface area contributed by atoms with Crippen LogP contribution in [0.5, 0.6) is 0 Å². The number of nitrogens with one attached hydrogen (secondary N) is 1. The van der Waals surface area contributed by atoms with E-state index in [0.717, 1.165) is 10.9 Å². The fourth-order valence-electron chi connectivity index (χ4n) is 3.78. The van der Waals surface area contributed by atoms with Gasteiger partial charge in [-0.25, -0.2) is 9.97 Å². The number of aliphatic hydroxyl groups is 1. The number of aliphatic hydroxyl groups excluding tert-OH is 1. The van der Waals surface area contributed by atoms with Crippen molar-refractivity contribution >= 4 is 34.0 Å². The van der Waals surface area contributed by atoms with Crippen molar-refractivity contribution < 1.29 is 19.1 Å². The van der Waals surface area contributed by atoms with E-state index in [2.05, 4.69) is 15.3 Å². The van der Waals surface area contributed by atoms with Gasteiger partial charge in [-0.2, -0.15) is 0 Å². The largest absolute Gasteiger partial charge is 0.436 e. The van der Waals surface area contributed by atoms with Crippen LogP contribution in [0.4, 0.5) is 0 Å². The first-order valence-electron chi connectivity index (χ1n) is 9.84. The topological polar surface area (TPSA) is 110 Å². The molecule has 0 aliphatic carbocycles. The van der Waals surface area contributed by atoms with Crippen molar-refractivity contribution in [3.63, 3.8) is 0 Å². The molecule has 0 saturated carbocycles. The van der Waals surface area contributed by atoms with E-state index in [1.807, 2.05) is 41.0 Å². The minimum atomic E-state index is -0.532. The highest BCUT2D eigenvalue weighted by Crippen LogP contribution is 2.36. The van der Waals surface area contributed by atoms with Crippen LogP contribution >= 0.6 is 0 Å². The average molecular weight is 414 g/mol. The Kier molecular flexibility index (Phi) is 4.68. The van der Waals surface area contributed by atoms with E-state index in [-0.39, 0.29) is 23.5 Å². The van der Waals surface area contributed by atoms with Crippen molar-refractivity contribution in [3.8, 4) is 11.5 Å². The first kappa shape index (κ1) is 19.0. The Hall–Kier alpha value is -4.04. The van der Waals surface area contributed by atoms with E-state index >= 15 is 0 Å². The summed E-state index contributed by atoms with van der Waals surface area (Å²) in [4.78, 5) is 34.2. The number of hydrogen-bond acceptors (Lipinski definition) is 6. The fraction of sp³-hybridized carbons (Fsp3) is 0.130. The smallest absolute Gasteiger partial charge is 0.262 e. The molecule has 0 bridgehead atoms. The molecular formula is C23H18N4O4. The third kappa shape index (κ3) is 3.23. The van der Waals surface area contributed by atoms with Gasteiger partial charge in [0.1, 0.15) is 5.65 Å². The number of fused-ring (bicyclic) bond motifs is 1. The first-order chi connectivity index (χ1) is 15.2. The number of aryl methyl sites for hydroxylation is 1. The third-order valence-corrected chi connectivity index (χ3v) is 5.16. The maximum atomic E-state index is 12.8. The van der Waals surface area contributed by atoms with E-state index in [1.54, 1.807) is 18.5 Å².